The lowest BCUT2D eigenvalue weighted by molar-refractivity contribution is -0.146. The fourth-order valence-corrected chi connectivity index (χ4v) is 3.56. The van der Waals surface area contributed by atoms with Gasteiger partial charge in [0.05, 0.1) is 5.60 Å². The zero-order valence-corrected chi connectivity index (χ0v) is 15.1. The molecule has 8 nitrogen and oxygen atoms in total. The first-order chi connectivity index (χ1) is 11.9. The third kappa shape index (κ3) is 4.18. The number of ether oxygens (including phenoxy) is 1. The van der Waals surface area contributed by atoms with E-state index >= 15 is 0 Å². The highest BCUT2D eigenvalue weighted by atomic mass is 16.5. The summed E-state index contributed by atoms with van der Waals surface area (Å²) in [4.78, 5) is 30.4. The van der Waals surface area contributed by atoms with Crippen LogP contribution in [-0.4, -0.2) is 57.7 Å². The van der Waals surface area contributed by atoms with E-state index in [0.717, 1.165) is 25.7 Å². The van der Waals surface area contributed by atoms with Crippen LogP contribution in [-0.2, 0) is 20.7 Å². The Morgan fingerprint density at radius 3 is 2.64 bits per heavy atom. The molecule has 0 aliphatic carbocycles. The van der Waals surface area contributed by atoms with Crippen LogP contribution in [0.5, 0.6) is 0 Å². The number of hydrogen-bond donors (Lipinski definition) is 1. The van der Waals surface area contributed by atoms with Gasteiger partial charge in [0, 0.05) is 19.1 Å². The Hall–Kier alpha value is -1.96. The molecule has 1 N–H and O–H groups in total. The molecule has 3 rings (SSSR count). The molecular formula is C17H26N4O4. The smallest absolute Gasteiger partial charge is 0.249 e. The Morgan fingerprint density at radius 2 is 2.04 bits per heavy atom. The van der Waals surface area contributed by atoms with Crippen molar-refractivity contribution in [1.82, 2.24) is 20.4 Å². The number of rotatable bonds is 4. The van der Waals surface area contributed by atoms with E-state index in [1.165, 1.54) is 0 Å². The zero-order chi connectivity index (χ0) is 18.0. The summed E-state index contributed by atoms with van der Waals surface area (Å²) in [7, 11) is 0. The summed E-state index contributed by atoms with van der Waals surface area (Å²) < 4.78 is 11.1. The topological polar surface area (TPSA) is 97.6 Å². The molecule has 25 heavy (non-hydrogen) atoms. The molecule has 138 valence electrons. The van der Waals surface area contributed by atoms with E-state index in [2.05, 4.69) is 15.5 Å². The van der Waals surface area contributed by atoms with E-state index in [1.54, 1.807) is 6.92 Å². The lowest BCUT2D eigenvalue weighted by Crippen LogP contribution is -2.48. The minimum Gasteiger partial charge on any atom is -0.362 e. The Balaban J connectivity index is 1.50. The highest BCUT2D eigenvalue weighted by molar-refractivity contribution is 5.81. The number of aromatic nitrogens is 2. The molecule has 0 aromatic carbocycles. The van der Waals surface area contributed by atoms with Crippen LogP contribution < -0.4 is 5.32 Å². The quantitative estimate of drug-likeness (QED) is 0.869. The highest BCUT2D eigenvalue weighted by Crippen LogP contribution is 2.39. The molecule has 2 aliphatic heterocycles. The van der Waals surface area contributed by atoms with Crippen molar-refractivity contribution in [2.45, 2.75) is 70.6 Å². The minimum atomic E-state index is -0.369. The Bertz CT molecular complexity index is 634. The van der Waals surface area contributed by atoms with Crippen molar-refractivity contribution in [3.8, 4) is 0 Å². The van der Waals surface area contributed by atoms with Gasteiger partial charge in [0.1, 0.15) is 12.5 Å². The van der Waals surface area contributed by atoms with Crippen LogP contribution in [0, 0.1) is 6.92 Å². The number of nitrogens with zero attached hydrogens (tertiary/aromatic N) is 3. The molecule has 2 aliphatic rings. The largest absolute Gasteiger partial charge is 0.362 e. The number of piperidine rings is 1. The molecular weight excluding hydrogens is 324 g/mol. The maximum Gasteiger partial charge on any atom is 0.249 e. The van der Waals surface area contributed by atoms with Crippen LogP contribution in [0.25, 0.3) is 0 Å². The zero-order valence-electron chi connectivity index (χ0n) is 15.1. The molecule has 3 heterocycles. The first kappa shape index (κ1) is 17.8. The Labute approximate surface area is 147 Å². The Morgan fingerprint density at radius 1 is 1.32 bits per heavy atom. The molecule has 1 aromatic rings. The number of hydrogen-bond acceptors (Lipinski definition) is 6. The van der Waals surface area contributed by atoms with Gasteiger partial charge in [0.25, 0.3) is 0 Å². The number of carbonyl (C=O) groups excluding carboxylic acids is 2. The predicted molar refractivity (Wildman–Crippen MR) is 88.7 cm³/mol. The molecule has 0 bridgehead atoms. The number of likely N-dealkylation sites (tertiary alicyclic amines) is 1. The van der Waals surface area contributed by atoms with Crippen molar-refractivity contribution < 1.29 is 18.8 Å². The number of carbonyl (C=O) groups is 2. The van der Waals surface area contributed by atoms with Gasteiger partial charge in [-0.1, -0.05) is 5.16 Å². The van der Waals surface area contributed by atoms with Crippen molar-refractivity contribution in [2.24, 2.45) is 0 Å². The van der Waals surface area contributed by atoms with Gasteiger partial charge in [0.2, 0.25) is 17.7 Å². The molecule has 0 radical (unpaired) electrons. The SMILES string of the molecule is Cc1noc(CC(=O)N2CCC3(CCC(C(=O)NC(C)C)O3)CC2)n1. The summed E-state index contributed by atoms with van der Waals surface area (Å²) in [5.74, 6) is 0.846. The standard InChI is InChI=1S/C17H26N4O4/c1-11(2)18-16(23)13-4-5-17(24-13)6-8-21(9-7-17)15(22)10-14-19-12(3)20-25-14/h11,13H,4-10H2,1-3H3,(H,18,23). The van der Waals surface area contributed by atoms with E-state index in [0.29, 0.717) is 24.8 Å². The summed E-state index contributed by atoms with van der Waals surface area (Å²) in [6, 6.07) is 0.112. The normalized spacial score (nSPS) is 22.6. The van der Waals surface area contributed by atoms with Gasteiger partial charge in [-0.25, -0.2) is 0 Å². The fourth-order valence-electron chi connectivity index (χ4n) is 3.56. The van der Waals surface area contributed by atoms with Gasteiger partial charge < -0.3 is 19.5 Å². The van der Waals surface area contributed by atoms with Crippen LogP contribution >= 0.6 is 0 Å². The van der Waals surface area contributed by atoms with Crippen LogP contribution in [0.3, 0.4) is 0 Å². The second kappa shape index (κ2) is 7.11. The number of nitrogens with one attached hydrogen (secondary N) is 1. The van der Waals surface area contributed by atoms with Gasteiger partial charge in [-0.2, -0.15) is 4.98 Å². The van der Waals surface area contributed by atoms with Gasteiger partial charge in [-0.15, -0.1) is 0 Å². The summed E-state index contributed by atoms with van der Waals surface area (Å²) >= 11 is 0. The second-order valence-corrected chi connectivity index (χ2v) is 7.28. The fraction of sp³-hybridized carbons (Fsp3) is 0.765. The third-order valence-electron chi connectivity index (χ3n) is 4.88. The number of amides is 2. The van der Waals surface area contributed by atoms with E-state index in [-0.39, 0.29) is 36.0 Å². The summed E-state index contributed by atoms with van der Waals surface area (Å²) in [6.07, 6.45) is 2.89. The van der Waals surface area contributed by atoms with Gasteiger partial charge in [-0.05, 0) is 46.5 Å². The minimum absolute atomic E-state index is 0.00871. The van der Waals surface area contributed by atoms with Crippen LogP contribution in [0.15, 0.2) is 4.52 Å². The third-order valence-corrected chi connectivity index (χ3v) is 4.88. The molecule has 1 aromatic heterocycles. The van der Waals surface area contributed by atoms with Crippen molar-refractivity contribution in [3.63, 3.8) is 0 Å². The molecule has 1 unspecified atom stereocenters. The van der Waals surface area contributed by atoms with E-state index in [9.17, 15) is 9.59 Å². The van der Waals surface area contributed by atoms with Gasteiger partial charge in [-0.3, -0.25) is 9.59 Å². The average molecular weight is 350 g/mol. The molecule has 2 saturated heterocycles. The van der Waals surface area contributed by atoms with E-state index in [4.69, 9.17) is 9.26 Å². The van der Waals surface area contributed by atoms with Crippen molar-refractivity contribution >= 4 is 11.8 Å². The molecule has 0 saturated carbocycles. The van der Waals surface area contributed by atoms with Gasteiger partial charge >= 0.3 is 0 Å². The molecule has 1 atom stereocenters. The monoisotopic (exact) mass is 350 g/mol. The highest BCUT2D eigenvalue weighted by Gasteiger charge is 2.45. The maximum atomic E-state index is 12.4. The molecule has 2 fully saturated rings. The first-order valence-electron chi connectivity index (χ1n) is 8.92. The Kier molecular flexibility index (Phi) is 5.08. The number of aryl methyl sites for hydroxylation is 1. The molecule has 1 spiro atoms. The van der Waals surface area contributed by atoms with E-state index in [1.807, 2.05) is 18.7 Å². The predicted octanol–water partition coefficient (Wildman–Crippen LogP) is 0.985. The van der Waals surface area contributed by atoms with Crippen LogP contribution in [0.1, 0.15) is 51.2 Å². The van der Waals surface area contributed by atoms with Gasteiger partial charge in [0.15, 0.2) is 5.82 Å². The summed E-state index contributed by atoms with van der Waals surface area (Å²) in [5.41, 5.74) is -0.267. The van der Waals surface area contributed by atoms with E-state index < -0.39 is 0 Å². The second-order valence-electron chi connectivity index (χ2n) is 7.28. The molecule has 2 amide bonds. The lowest BCUT2D eigenvalue weighted by atomic mass is 9.88. The first-order valence-corrected chi connectivity index (χ1v) is 8.92. The summed E-state index contributed by atoms with van der Waals surface area (Å²) in [5, 5.41) is 6.61. The lowest BCUT2D eigenvalue weighted by Gasteiger charge is -2.39. The average Bonchev–Trinajstić information content (AvgIpc) is 3.14. The van der Waals surface area contributed by atoms with Crippen molar-refractivity contribution in [3.05, 3.63) is 11.7 Å². The summed E-state index contributed by atoms with van der Waals surface area (Å²) in [6.45, 7) is 6.87. The van der Waals surface area contributed by atoms with Crippen molar-refractivity contribution in [2.75, 3.05) is 13.1 Å². The van der Waals surface area contributed by atoms with Crippen LogP contribution in [0.2, 0.25) is 0 Å². The van der Waals surface area contributed by atoms with Crippen molar-refractivity contribution in [1.29, 1.82) is 0 Å². The molecule has 8 heteroatoms. The maximum absolute atomic E-state index is 12.4. The van der Waals surface area contributed by atoms with Crippen LogP contribution in [0.4, 0.5) is 0 Å².